The molecule has 0 aromatic heterocycles. The van der Waals surface area contributed by atoms with E-state index in [9.17, 15) is 13.2 Å². The summed E-state index contributed by atoms with van der Waals surface area (Å²) in [5.41, 5.74) is 0. The highest BCUT2D eigenvalue weighted by atomic mass is 35.5. The number of nitrogens with one attached hydrogen (secondary N) is 1. The maximum absolute atomic E-state index is 12.7. The SMILES string of the molecule is O=C(CSc1ccccc1Cl)NCC1CCN(S(=O)(=O)c2ccccc2)CC1. The van der Waals surface area contributed by atoms with Crippen LogP contribution in [0.5, 0.6) is 0 Å². The zero-order valence-corrected chi connectivity index (χ0v) is 17.8. The number of nitrogens with zero attached hydrogens (tertiary/aromatic N) is 1. The summed E-state index contributed by atoms with van der Waals surface area (Å²) >= 11 is 7.51. The highest BCUT2D eigenvalue weighted by molar-refractivity contribution is 8.00. The first kappa shape index (κ1) is 21.2. The van der Waals surface area contributed by atoms with E-state index in [1.54, 1.807) is 36.4 Å². The lowest BCUT2D eigenvalue weighted by molar-refractivity contribution is -0.118. The molecule has 0 aliphatic carbocycles. The lowest BCUT2D eigenvalue weighted by Gasteiger charge is -2.31. The van der Waals surface area contributed by atoms with E-state index in [1.165, 1.54) is 16.1 Å². The number of halogens is 1. The number of rotatable bonds is 7. The summed E-state index contributed by atoms with van der Waals surface area (Å²) in [4.78, 5) is 13.3. The van der Waals surface area contributed by atoms with Gasteiger partial charge in [0.2, 0.25) is 15.9 Å². The molecule has 8 heteroatoms. The first-order chi connectivity index (χ1) is 13.5. The summed E-state index contributed by atoms with van der Waals surface area (Å²) in [5, 5.41) is 3.60. The van der Waals surface area contributed by atoms with E-state index >= 15 is 0 Å². The van der Waals surface area contributed by atoms with E-state index in [0.717, 1.165) is 17.7 Å². The second kappa shape index (κ2) is 9.78. The van der Waals surface area contributed by atoms with Gasteiger partial charge in [-0.3, -0.25) is 4.79 Å². The van der Waals surface area contributed by atoms with E-state index in [-0.39, 0.29) is 11.8 Å². The molecule has 0 radical (unpaired) electrons. The molecule has 0 bridgehead atoms. The standard InChI is InChI=1S/C20H23ClN2O3S2/c21-18-8-4-5-9-19(18)27-15-20(24)22-14-16-10-12-23(13-11-16)28(25,26)17-6-2-1-3-7-17/h1-9,16H,10-15H2,(H,22,24). The minimum atomic E-state index is -3.43. The Kier molecular flexibility index (Phi) is 7.40. The minimum absolute atomic E-state index is 0.0377. The van der Waals surface area contributed by atoms with E-state index in [0.29, 0.717) is 35.3 Å². The number of hydrogen-bond donors (Lipinski definition) is 1. The van der Waals surface area contributed by atoms with Gasteiger partial charge in [-0.25, -0.2) is 8.42 Å². The highest BCUT2D eigenvalue weighted by Gasteiger charge is 2.29. The van der Waals surface area contributed by atoms with Crippen molar-refractivity contribution in [3.8, 4) is 0 Å². The molecule has 1 heterocycles. The van der Waals surface area contributed by atoms with Crippen molar-refractivity contribution in [3.05, 3.63) is 59.6 Å². The van der Waals surface area contributed by atoms with Gasteiger partial charge in [0.25, 0.3) is 0 Å². The van der Waals surface area contributed by atoms with Gasteiger partial charge in [-0.15, -0.1) is 11.8 Å². The first-order valence-electron chi connectivity index (χ1n) is 9.16. The second-order valence-electron chi connectivity index (χ2n) is 6.68. The quantitative estimate of drug-likeness (QED) is 0.670. The molecule has 1 aliphatic rings. The Bertz CT molecular complexity index is 899. The molecule has 1 aliphatic heterocycles. The van der Waals surface area contributed by atoms with Gasteiger partial charge in [-0.05, 0) is 43.0 Å². The zero-order valence-electron chi connectivity index (χ0n) is 15.4. The summed E-state index contributed by atoms with van der Waals surface area (Å²) < 4.78 is 26.8. The van der Waals surface area contributed by atoms with Gasteiger partial charge in [0.15, 0.2) is 0 Å². The third-order valence-electron chi connectivity index (χ3n) is 4.74. The van der Waals surface area contributed by atoms with Crippen LogP contribution in [0.2, 0.25) is 5.02 Å². The lowest BCUT2D eigenvalue weighted by Crippen LogP contribution is -2.41. The van der Waals surface area contributed by atoms with Crippen LogP contribution < -0.4 is 5.32 Å². The Morgan fingerprint density at radius 1 is 1.07 bits per heavy atom. The molecule has 1 fully saturated rings. The van der Waals surface area contributed by atoms with Crippen molar-refractivity contribution in [3.63, 3.8) is 0 Å². The van der Waals surface area contributed by atoms with Crippen LogP contribution in [-0.2, 0) is 14.8 Å². The van der Waals surface area contributed by atoms with Gasteiger partial charge >= 0.3 is 0 Å². The number of sulfonamides is 1. The van der Waals surface area contributed by atoms with E-state index in [2.05, 4.69) is 5.32 Å². The number of carbonyl (C=O) groups is 1. The van der Waals surface area contributed by atoms with Gasteiger partial charge in [0, 0.05) is 24.5 Å². The van der Waals surface area contributed by atoms with Gasteiger partial charge in [-0.1, -0.05) is 41.9 Å². The predicted molar refractivity (Wildman–Crippen MR) is 113 cm³/mol. The van der Waals surface area contributed by atoms with Crippen LogP contribution in [0.25, 0.3) is 0 Å². The number of carbonyl (C=O) groups excluding carboxylic acids is 1. The van der Waals surface area contributed by atoms with Crippen molar-refractivity contribution >= 4 is 39.3 Å². The van der Waals surface area contributed by atoms with Gasteiger partial charge in [0.1, 0.15) is 0 Å². The molecule has 2 aromatic carbocycles. The molecule has 0 spiro atoms. The molecule has 1 amide bonds. The largest absolute Gasteiger partial charge is 0.355 e. The van der Waals surface area contributed by atoms with Gasteiger partial charge in [0.05, 0.1) is 15.7 Å². The Hall–Kier alpha value is -1.54. The first-order valence-corrected chi connectivity index (χ1v) is 12.0. The van der Waals surface area contributed by atoms with Crippen molar-refractivity contribution in [2.45, 2.75) is 22.6 Å². The number of thioether (sulfide) groups is 1. The van der Waals surface area contributed by atoms with Crippen LogP contribution in [0, 0.1) is 5.92 Å². The molecule has 1 N–H and O–H groups in total. The van der Waals surface area contributed by atoms with Crippen LogP contribution in [0.4, 0.5) is 0 Å². The second-order valence-corrected chi connectivity index (χ2v) is 10.0. The maximum Gasteiger partial charge on any atom is 0.243 e. The summed E-state index contributed by atoms with van der Waals surface area (Å²) in [5.74, 6) is 0.561. The monoisotopic (exact) mass is 438 g/mol. The fraction of sp³-hybridized carbons (Fsp3) is 0.350. The molecule has 0 atom stereocenters. The van der Waals surface area contributed by atoms with E-state index in [1.807, 2.05) is 18.2 Å². The molecule has 1 saturated heterocycles. The molecule has 28 heavy (non-hydrogen) atoms. The maximum atomic E-state index is 12.7. The van der Waals surface area contributed by atoms with E-state index < -0.39 is 10.0 Å². The molecule has 5 nitrogen and oxygen atoms in total. The predicted octanol–water partition coefficient (Wildman–Crippen LogP) is 3.65. The van der Waals surface area contributed by atoms with Gasteiger partial charge < -0.3 is 5.32 Å². The van der Waals surface area contributed by atoms with Crippen molar-refractivity contribution in [2.24, 2.45) is 5.92 Å². The van der Waals surface area contributed by atoms with Crippen molar-refractivity contribution in [1.29, 1.82) is 0 Å². The fourth-order valence-electron chi connectivity index (χ4n) is 3.11. The van der Waals surface area contributed by atoms with Crippen LogP contribution in [-0.4, -0.2) is 44.0 Å². The third-order valence-corrected chi connectivity index (χ3v) is 8.17. The molecule has 0 unspecified atom stereocenters. The van der Waals surface area contributed by atoms with Crippen molar-refractivity contribution < 1.29 is 13.2 Å². The molecular weight excluding hydrogens is 416 g/mol. The Balaban J connectivity index is 1.42. The zero-order chi connectivity index (χ0) is 20.0. The van der Waals surface area contributed by atoms with Crippen LogP contribution in [0.3, 0.4) is 0 Å². The molecule has 150 valence electrons. The molecule has 2 aromatic rings. The average Bonchev–Trinajstić information content (AvgIpc) is 2.72. The number of benzene rings is 2. The van der Waals surface area contributed by atoms with Crippen molar-refractivity contribution in [1.82, 2.24) is 9.62 Å². The Labute approximate surface area is 175 Å². The van der Waals surface area contributed by atoms with Crippen LogP contribution >= 0.6 is 23.4 Å². The number of piperidine rings is 1. The number of hydrogen-bond acceptors (Lipinski definition) is 4. The van der Waals surface area contributed by atoms with Crippen LogP contribution in [0.15, 0.2) is 64.4 Å². The highest BCUT2D eigenvalue weighted by Crippen LogP contribution is 2.26. The molecule has 3 rings (SSSR count). The fourth-order valence-corrected chi connectivity index (χ4v) is 5.67. The summed E-state index contributed by atoms with van der Waals surface area (Å²) in [6.45, 7) is 1.53. The third kappa shape index (κ3) is 5.50. The van der Waals surface area contributed by atoms with Gasteiger partial charge in [-0.2, -0.15) is 4.31 Å². The lowest BCUT2D eigenvalue weighted by atomic mass is 9.98. The molecular formula is C20H23ClN2O3S2. The van der Waals surface area contributed by atoms with Crippen LogP contribution in [0.1, 0.15) is 12.8 Å². The van der Waals surface area contributed by atoms with E-state index in [4.69, 9.17) is 11.6 Å². The molecule has 0 saturated carbocycles. The average molecular weight is 439 g/mol. The normalized spacial score (nSPS) is 16.0. The summed E-state index contributed by atoms with van der Waals surface area (Å²) in [7, 11) is -3.43. The topological polar surface area (TPSA) is 66.5 Å². The summed E-state index contributed by atoms with van der Waals surface area (Å²) in [6, 6.07) is 16.0. The summed E-state index contributed by atoms with van der Waals surface area (Å²) in [6.07, 6.45) is 1.48. The van der Waals surface area contributed by atoms with Crippen molar-refractivity contribution in [2.75, 3.05) is 25.4 Å². The minimum Gasteiger partial charge on any atom is -0.355 e. The Morgan fingerprint density at radius 3 is 2.39 bits per heavy atom. The number of amides is 1. The smallest absolute Gasteiger partial charge is 0.243 e. The Morgan fingerprint density at radius 2 is 1.71 bits per heavy atom.